The van der Waals surface area contributed by atoms with Gasteiger partial charge >= 0.3 is 6.16 Å². The number of carbonyl (C=O) groups is 2. The molecule has 1 radical (unpaired) electrons. The van der Waals surface area contributed by atoms with E-state index in [1.54, 1.807) is 0 Å². The number of carboxylic acid groups (broad SMARTS) is 4. The standard InChI is InChI=1S/C22H23P.C18H15P.2CH2O3/c1-2-3-19-23(20-13-7-4-8-14-20,21-15-9-5-10-16-21)22-17-11-6-12-18-22;1-4-10-16(11-5-1)19(17-12-6-2-7-13-17)18-14-8-3-9-15-18;2*2-1(3)4/h4-18H,1-3,19H2;1-15H;2*(H2,2,3,4)/q+1;;;/p-1. The van der Waals surface area contributed by atoms with Crippen LogP contribution in [0.5, 0.6) is 0 Å². The lowest BCUT2D eigenvalue weighted by molar-refractivity contribution is -0.275. The molecule has 0 spiro atoms. The van der Waals surface area contributed by atoms with E-state index >= 15 is 0 Å². The van der Waals surface area contributed by atoms with Crippen molar-refractivity contribution in [2.75, 3.05) is 6.16 Å². The fraction of sp³-hybridized carbons (Fsp3) is 0.0714. The molecule has 0 saturated heterocycles. The second-order valence-electron chi connectivity index (χ2n) is 10.6. The number of hydrogen-bond donors (Lipinski definition) is 3. The third kappa shape index (κ3) is 12.3. The van der Waals surface area contributed by atoms with Crippen molar-refractivity contribution in [1.82, 2.24) is 0 Å². The molecule has 0 atom stereocenters. The molecular formula is C42H41O6P2. The molecular weight excluding hydrogens is 662 g/mol. The molecule has 0 fully saturated rings. The van der Waals surface area contributed by atoms with Crippen LogP contribution < -0.4 is 36.9 Å². The number of rotatable bonds is 9. The summed E-state index contributed by atoms with van der Waals surface area (Å²) in [7, 11) is -2.06. The minimum absolute atomic E-state index is 0.446. The van der Waals surface area contributed by atoms with Gasteiger partial charge in [-0.05, 0) is 73.1 Å². The fourth-order valence-electron chi connectivity index (χ4n) is 5.41. The van der Waals surface area contributed by atoms with Crippen molar-refractivity contribution < 1.29 is 30.0 Å². The predicted molar refractivity (Wildman–Crippen MR) is 208 cm³/mol. The summed E-state index contributed by atoms with van der Waals surface area (Å²) in [6, 6.07) is 65.5. The summed E-state index contributed by atoms with van der Waals surface area (Å²) >= 11 is 0. The second kappa shape index (κ2) is 21.6. The van der Waals surface area contributed by atoms with Crippen LogP contribution in [-0.2, 0) is 0 Å². The highest BCUT2D eigenvalue weighted by molar-refractivity contribution is 7.95. The average molecular weight is 704 g/mol. The Morgan fingerprint density at radius 2 is 0.720 bits per heavy atom. The first kappa shape index (κ1) is 39.2. The monoisotopic (exact) mass is 703 g/mol. The van der Waals surface area contributed by atoms with Gasteiger partial charge in [-0.3, -0.25) is 0 Å². The van der Waals surface area contributed by atoms with Gasteiger partial charge in [0.1, 0.15) is 23.2 Å². The van der Waals surface area contributed by atoms with E-state index < -0.39 is 27.5 Å². The zero-order valence-electron chi connectivity index (χ0n) is 27.6. The lowest BCUT2D eigenvalue weighted by Crippen LogP contribution is -2.33. The van der Waals surface area contributed by atoms with Crippen LogP contribution in [0.4, 0.5) is 9.59 Å². The number of unbranched alkanes of at least 4 members (excludes halogenated alkanes) is 1. The summed E-state index contributed by atoms with van der Waals surface area (Å²) < 4.78 is 0. The van der Waals surface area contributed by atoms with Crippen LogP contribution in [0.2, 0.25) is 0 Å². The van der Waals surface area contributed by atoms with Crippen molar-refractivity contribution in [2.45, 2.75) is 12.8 Å². The summed E-state index contributed by atoms with van der Waals surface area (Å²) in [4.78, 5) is 17.0. The maximum atomic E-state index is 8.56. The van der Waals surface area contributed by atoms with Gasteiger partial charge in [0.25, 0.3) is 0 Å². The highest BCUT2D eigenvalue weighted by Crippen LogP contribution is 2.55. The van der Waals surface area contributed by atoms with E-state index in [-0.39, 0.29) is 0 Å². The maximum Gasteiger partial charge on any atom is 0.503 e. The molecule has 0 saturated carbocycles. The number of hydrogen-bond acceptors (Lipinski definition) is 3. The summed E-state index contributed by atoms with van der Waals surface area (Å²) in [5.74, 6) is 0. The molecule has 0 aromatic heterocycles. The molecule has 8 heteroatoms. The normalized spacial score (nSPS) is 10.2. The van der Waals surface area contributed by atoms with Gasteiger partial charge in [-0.15, -0.1) is 0 Å². The molecule has 6 rings (SSSR count). The smallest absolute Gasteiger partial charge is 0.503 e. The first-order valence-corrected chi connectivity index (χ1v) is 19.2. The molecule has 6 aromatic carbocycles. The Morgan fingerprint density at radius 3 is 0.940 bits per heavy atom. The van der Waals surface area contributed by atoms with Gasteiger partial charge in [0, 0.05) is 0 Å². The van der Waals surface area contributed by atoms with E-state index in [1.807, 2.05) is 0 Å². The lowest BCUT2D eigenvalue weighted by Gasteiger charge is -2.27. The topological polar surface area (TPSA) is 118 Å². The molecule has 0 aliphatic heterocycles. The summed E-state index contributed by atoms with van der Waals surface area (Å²) in [6.07, 6.45) is -0.616. The maximum absolute atomic E-state index is 8.56. The van der Waals surface area contributed by atoms with Crippen LogP contribution in [0.3, 0.4) is 0 Å². The van der Waals surface area contributed by atoms with E-state index in [0.29, 0.717) is 0 Å². The van der Waals surface area contributed by atoms with Gasteiger partial charge in [-0.2, -0.15) is 0 Å². The van der Waals surface area contributed by atoms with Crippen LogP contribution in [-0.4, -0.2) is 33.8 Å². The second-order valence-corrected chi connectivity index (χ2v) is 16.5. The van der Waals surface area contributed by atoms with E-state index in [2.05, 4.69) is 189 Å². The molecule has 50 heavy (non-hydrogen) atoms. The zero-order valence-corrected chi connectivity index (χ0v) is 29.4. The largest absolute Gasteiger partial charge is 0.565 e. The third-order valence-corrected chi connectivity index (χ3v) is 14.3. The van der Waals surface area contributed by atoms with Gasteiger partial charge in [0.15, 0.2) is 0 Å². The molecule has 0 amide bonds. The van der Waals surface area contributed by atoms with E-state index in [4.69, 9.17) is 30.0 Å². The van der Waals surface area contributed by atoms with E-state index in [9.17, 15) is 0 Å². The Morgan fingerprint density at radius 1 is 0.500 bits per heavy atom. The SMILES string of the molecule is O=C(O)O.O=C([O-])O.[CH2]CCC[P+](c1ccccc1)(c1ccccc1)c1ccccc1.c1ccc(P(c2ccccc2)c2ccccc2)cc1. The van der Waals surface area contributed by atoms with Crippen molar-refractivity contribution in [3.8, 4) is 0 Å². The fourth-order valence-corrected chi connectivity index (χ4v) is 12.1. The van der Waals surface area contributed by atoms with Gasteiger partial charge in [-0.1, -0.05) is 153 Å². The van der Waals surface area contributed by atoms with Crippen molar-refractivity contribution in [3.63, 3.8) is 0 Å². The molecule has 0 heterocycles. The van der Waals surface area contributed by atoms with Crippen LogP contribution in [0.1, 0.15) is 12.8 Å². The molecule has 6 aromatic rings. The zero-order chi connectivity index (χ0) is 36.0. The van der Waals surface area contributed by atoms with Crippen molar-refractivity contribution >= 4 is 59.3 Å². The predicted octanol–water partition coefficient (Wildman–Crippen LogP) is 7.15. The van der Waals surface area contributed by atoms with Crippen LogP contribution in [0.15, 0.2) is 182 Å². The highest BCUT2D eigenvalue weighted by atomic mass is 31.2. The van der Waals surface area contributed by atoms with E-state index in [1.165, 1.54) is 38.0 Å². The van der Waals surface area contributed by atoms with Gasteiger partial charge in [-0.25, -0.2) is 4.79 Å². The molecule has 255 valence electrons. The van der Waals surface area contributed by atoms with Gasteiger partial charge in [0.05, 0.1) is 6.16 Å². The van der Waals surface area contributed by atoms with Crippen LogP contribution >= 0.6 is 15.2 Å². The molecule has 0 unspecified atom stereocenters. The third-order valence-electron chi connectivity index (χ3n) is 7.38. The minimum Gasteiger partial charge on any atom is -0.565 e. The Hall–Kier alpha value is -5.28. The van der Waals surface area contributed by atoms with Crippen molar-refractivity contribution in [2.24, 2.45) is 0 Å². The Kier molecular flexibility index (Phi) is 16.9. The summed E-state index contributed by atoms with van der Waals surface area (Å²) in [6.45, 7) is 4.09. The Balaban J connectivity index is 0.000000225. The van der Waals surface area contributed by atoms with E-state index in [0.717, 1.165) is 12.8 Å². The molecule has 3 N–H and O–H groups in total. The Labute approximate surface area is 296 Å². The molecule has 0 bridgehead atoms. The molecule has 0 aliphatic carbocycles. The van der Waals surface area contributed by atoms with Crippen LogP contribution in [0, 0.1) is 6.92 Å². The Bertz CT molecular complexity index is 1580. The van der Waals surface area contributed by atoms with Crippen LogP contribution in [0.25, 0.3) is 0 Å². The molecule has 6 nitrogen and oxygen atoms in total. The summed E-state index contributed by atoms with van der Waals surface area (Å²) in [5.41, 5.74) is 0. The lowest BCUT2D eigenvalue weighted by atomic mass is 10.3. The first-order chi connectivity index (χ1) is 24.3. The van der Waals surface area contributed by atoms with Crippen molar-refractivity contribution in [3.05, 3.63) is 189 Å². The quantitative estimate of drug-likeness (QED) is 0.138. The molecule has 0 aliphatic rings. The van der Waals surface area contributed by atoms with Gasteiger partial charge in [0.2, 0.25) is 6.16 Å². The first-order valence-electron chi connectivity index (χ1n) is 15.9. The van der Waals surface area contributed by atoms with Crippen molar-refractivity contribution in [1.29, 1.82) is 0 Å². The summed E-state index contributed by atoms with van der Waals surface area (Å²) in [5, 5.41) is 37.8. The highest BCUT2D eigenvalue weighted by Gasteiger charge is 2.44. The average Bonchev–Trinajstić information content (AvgIpc) is 3.15. The number of benzene rings is 6. The minimum atomic E-state index is -2.08. The van der Waals surface area contributed by atoms with Gasteiger partial charge < -0.3 is 25.2 Å².